The monoisotopic (exact) mass is 167 g/mol. The fraction of sp³-hybridized carbons (Fsp3) is 0.455. The molecule has 1 nitrogen and oxygen atoms in total. The van der Waals surface area contributed by atoms with Crippen molar-refractivity contribution < 1.29 is 0 Å². The summed E-state index contributed by atoms with van der Waals surface area (Å²) in [5, 5.41) is 3.04. The van der Waals surface area contributed by atoms with Crippen LogP contribution in [0.4, 0.5) is 0 Å². The van der Waals surface area contributed by atoms with E-state index in [4.69, 9.17) is 0 Å². The van der Waals surface area contributed by atoms with Gasteiger partial charge in [0.2, 0.25) is 0 Å². The normalized spacial score (nSPS) is 10.3. The van der Waals surface area contributed by atoms with Crippen LogP contribution in [0.25, 0.3) is 0 Å². The second kappa shape index (κ2) is 10.0. The Hall–Kier alpha value is -0.980. The Morgan fingerprint density at radius 1 is 1.25 bits per heavy atom. The highest BCUT2D eigenvalue weighted by Gasteiger charge is 1.92. The number of nitrogens with one attached hydrogen (secondary N) is 1. The highest BCUT2D eigenvalue weighted by molar-refractivity contribution is 5.29. The minimum atomic E-state index is 0.992. The van der Waals surface area contributed by atoms with Gasteiger partial charge in [-0.2, -0.15) is 0 Å². The van der Waals surface area contributed by atoms with Gasteiger partial charge in [0.05, 0.1) is 0 Å². The molecule has 0 atom stereocenters. The second-order valence-electron chi connectivity index (χ2n) is 1.95. The molecule has 1 N–H and O–H groups in total. The highest BCUT2D eigenvalue weighted by Crippen LogP contribution is 2.06. The summed E-state index contributed by atoms with van der Waals surface area (Å²) in [4.78, 5) is 0. The van der Waals surface area contributed by atoms with Crippen molar-refractivity contribution in [3.05, 3.63) is 36.6 Å². The molecule has 0 saturated heterocycles. The first-order valence-electron chi connectivity index (χ1n) is 4.45. The summed E-state index contributed by atoms with van der Waals surface area (Å²) in [6.45, 7) is 13.5. The van der Waals surface area contributed by atoms with Gasteiger partial charge in [0.1, 0.15) is 0 Å². The number of hydrogen-bond acceptors (Lipinski definition) is 1. The highest BCUT2D eigenvalue weighted by atomic mass is 14.8. The first kappa shape index (κ1) is 13.6. The average Bonchev–Trinajstić information content (AvgIpc) is 2.17. The van der Waals surface area contributed by atoms with Crippen LogP contribution in [-0.4, -0.2) is 7.05 Å². The molecule has 0 aromatic carbocycles. The molecule has 0 spiro atoms. The predicted molar refractivity (Wildman–Crippen MR) is 58.1 cm³/mol. The summed E-state index contributed by atoms with van der Waals surface area (Å²) >= 11 is 0. The molecule has 0 saturated carbocycles. The second-order valence-corrected chi connectivity index (χ2v) is 1.95. The molecular formula is C11H21N. The van der Waals surface area contributed by atoms with Crippen molar-refractivity contribution in [2.45, 2.75) is 27.2 Å². The van der Waals surface area contributed by atoms with Gasteiger partial charge in [-0.15, -0.1) is 0 Å². The fourth-order valence-corrected chi connectivity index (χ4v) is 0.838. The van der Waals surface area contributed by atoms with Gasteiger partial charge in [0.15, 0.2) is 0 Å². The summed E-state index contributed by atoms with van der Waals surface area (Å²) in [5.41, 5.74) is 2.27. The molecule has 0 aliphatic carbocycles. The Morgan fingerprint density at radius 3 is 1.83 bits per heavy atom. The lowest BCUT2D eigenvalue weighted by Gasteiger charge is -2.04. The molecule has 0 aliphatic rings. The molecule has 0 aromatic rings. The molecule has 0 unspecified atom stereocenters. The van der Waals surface area contributed by atoms with Gasteiger partial charge >= 0.3 is 0 Å². The van der Waals surface area contributed by atoms with E-state index in [1.807, 2.05) is 27.0 Å². The Bertz CT molecular complexity index is 136. The molecule has 0 bridgehead atoms. The van der Waals surface area contributed by atoms with Crippen molar-refractivity contribution in [2.24, 2.45) is 0 Å². The first-order valence-corrected chi connectivity index (χ1v) is 4.45. The molecule has 0 aromatic heterocycles. The van der Waals surface area contributed by atoms with Gasteiger partial charge in [-0.3, -0.25) is 0 Å². The topological polar surface area (TPSA) is 12.0 Å². The average molecular weight is 167 g/mol. The van der Waals surface area contributed by atoms with Crippen molar-refractivity contribution in [3.8, 4) is 0 Å². The SMILES string of the molecule is C=C/C(CC)=C(\C=C)NC.CC. The third-order valence-electron chi connectivity index (χ3n) is 1.45. The molecule has 0 aliphatic heterocycles. The van der Waals surface area contributed by atoms with Crippen LogP contribution in [0.1, 0.15) is 27.2 Å². The van der Waals surface area contributed by atoms with Crippen LogP contribution >= 0.6 is 0 Å². The first-order chi connectivity index (χ1) is 5.79. The standard InChI is InChI=1S/C9H15N.C2H6/c1-5-8(6-2)9(7-3)10-4;1-2/h5,7,10H,1,3,6H2,2,4H3;1-2H3/b9-8-;. The maximum absolute atomic E-state index is 3.70. The summed E-state index contributed by atoms with van der Waals surface area (Å²) in [6, 6.07) is 0. The Balaban J connectivity index is 0. The van der Waals surface area contributed by atoms with Crippen LogP contribution in [0.3, 0.4) is 0 Å². The van der Waals surface area contributed by atoms with E-state index in [1.54, 1.807) is 6.08 Å². The van der Waals surface area contributed by atoms with Crippen LogP contribution < -0.4 is 5.32 Å². The lowest BCUT2D eigenvalue weighted by Crippen LogP contribution is -2.05. The van der Waals surface area contributed by atoms with Gasteiger partial charge in [-0.25, -0.2) is 0 Å². The number of rotatable bonds is 4. The zero-order valence-corrected chi connectivity index (χ0v) is 8.78. The lowest BCUT2D eigenvalue weighted by molar-refractivity contribution is 0.979. The van der Waals surface area contributed by atoms with Crippen molar-refractivity contribution >= 4 is 0 Å². The zero-order valence-electron chi connectivity index (χ0n) is 8.78. The number of likely N-dealkylation sites (N-methyl/N-ethyl adjacent to an activating group) is 1. The zero-order chi connectivity index (χ0) is 9.98. The van der Waals surface area contributed by atoms with Gasteiger partial charge < -0.3 is 5.32 Å². The van der Waals surface area contributed by atoms with E-state index in [0.29, 0.717) is 0 Å². The van der Waals surface area contributed by atoms with Gasteiger partial charge in [0, 0.05) is 12.7 Å². The van der Waals surface area contributed by atoms with E-state index < -0.39 is 0 Å². The van der Waals surface area contributed by atoms with Crippen molar-refractivity contribution in [1.82, 2.24) is 5.32 Å². The maximum Gasteiger partial charge on any atom is 0.0363 e. The minimum absolute atomic E-state index is 0.992. The lowest BCUT2D eigenvalue weighted by atomic mass is 10.1. The van der Waals surface area contributed by atoms with E-state index in [9.17, 15) is 0 Å². The van der Waals surface area contributed by atoms with Gasteiger partial charge in [-0.05, 0) is 18.1 Å². The Labute approximate surface area is 76.9 Å². The van der Waals surface area contributed by atoms with Gasteiger partial charge in [-0.1, -0.05) is 40.0 Å². The van der Waals surface area contributed by atoms with E-state index in [1.165, 1.54) is 5.57 Å². The van der Waals surface area contributed by atoms with Crippen molar-refractivity contribution in [2.75, 3.05) is 7.05 Å². The van der Waals surface area contributed by atoms with E-state index in [-0.39, 0.29) is 0 Å². The smallest absolute Gasteiger partial charge is 0.0363 e. The molecule has 0 radical (unpaired) electrons. The Morgan fingerprint density at radius 2 is 1.75 bits per heavy atom. The third-order valence-corrected chi connectivity index (χ3v) is 1.45. The molecule has 0 heterocycles. The minimum Gasteiger partial charge on any atom is -0.388 e. The third kappa shape index (κ3) is 4.78. The van der Waals surface area contributed by atoms with Crippen LogP contribution in [0, 0.1) is 0 Å². The number of allylic oxidation sites excluding steroid dienone is 3. The van der Waals surface area contributed by atoms with Crippen LogP contribution in [0.2, 0.25) is 0 Å². The molecular weight excluding hydrogens is 146 g/mol. The van der Waals surface area contributed by atoms with Crippen LogP contribution in [0.15, 0.2) is 36.6 Å². The molecule has 1 heteroatoms. The van der Waals surface area contributed by atoms with Crippen LogP contribution in [-0.2, 0) is 0 Å². The molecule has 12 heavy (non-hydrogen) atoms. The van der Waals surface area contributed by atoms with Crippen molar-refractivity contribution in [1.29, 1.82) is 0 Å². The summed E-state index contributed by atoms with van der Waals surface area (Å²) in [5.74, 6) is 0. The summed E-state index contributed by atoms with van der Waals surface area (Å²) in [6.07, 6.45) is 4.65. The fourth-order valence-electron chi connectivity index (χ4n) is 0.838. The van der Waals surface area contributed by atoms with Gasteiger partial charge in [0.25, 0.3) is 0 Å². The maximum atomic E-state index is 3.70. The van der Waals surface area contributed by atoms with E-state index >= 15 is 0 Å². The summed E-state index contributed by atoms with van der Waals surface area (Å²) in [7, 11) is 1.89. The largest absolute Gasteiger partial charge is 0.388 e. The van der Waals surface area contributed by atoms with Crippen molar-refractivity contribution in [3.63, 3.8) is 0 Å². The quantitative estimate of drug-likeness (QED) is 0.634. The van der Waals surface area contributed by atoms with E-state index in [2.05, 4.69) is 25.4 Å². The molecule has 0 rings (SSSR count). The molecule has 0 amide bonds. The molecule has 0 fully saturated rings. The number of hydrogen-bond donors (Lipinski definition) is 1. The Kier molecular flexibility index (Phi) is 11.4. The van der Waals surface area contributed by atoms with E-state index in [0.717, 1.165) is 12.1 Å². The predicted octanol–water partition coefficient (Wildman–Crippen LogP) is 3.27. The molecule has 70 valence electrons. The van der Waals surface area contributed by atoms with Crippen LogP contribution in [0.5, 0.6) is 0 Å². The summed E-state index contributed by atoms with van der Waals surface area (Å²) < 4.78 is 0.